The Morgan fingerprint density at radius 1 is 0.794 bits per heavy atom. The number of nitrogens with two attached hydrogens (primary N) is 5. The van der Waals surface area contributed by atoms with E-state index >= 15 is 0 Å². The van der Waals surface area contributed by atoms with Crippen LogP contribution in [0.1, 0.15) is 32.6 Å². The smallest absolute Gasteiger partial charge is 0.326 e. The van der Waals surface area contributed by atoms with Crippen molar-refractivity contribution in [1.82, 2.24) is 16.0 Å². The molecule has 4 unspecified atom stereocenters. The second-order valence-electron chi connectivity index (χ2n) is 7.38. The van der Waals surface area contributed by atoms with E-state index in [-0.39, 0.29) is 44.3 Å². The Labute approximate surface area is 196 Å². The van der Waals surface area contributed by atoms with E-state index in [2.05, 4.69) is 25.9 Å². The van der Waals surface area contributed by atoms with Gasteiger partial charge < -0.3 is 54.8 Å². The van der Waals surface area contributed by atoms with E-state index in [1.54, 1.807) is 0 Å². The molecule has 0 aromatic heterocycles. The van der Waals surface area contributed by atoms with E-state index in [1.807, 2.05) is 0 Å². The number of carbonyl (C=O) groups is 4. The highest BCUT2D eigenvalue weighted by atomic mass is 16.4. The summed E-state index contributed by atoms with van der Waals surface area (Å²) in [6.45, 7) is 1.01. The predicted molar refractivity (Wildman–Crippen MR) is 124 cm³/mol. The van der Waals surface area contributed by atoms with Crippen molar-refractivity contribution in [3.05, 3.63) is 0 Å². The van der Waals surface area contributed by atoms with Gasteiger partial charge in [0.15, 0.2) is 11.9 Å². The number of amides is 3. The summed E-state index contributed by atoms with van der Waals surface area (Å²) in [6.07, 6.45) is 0.979. The molecule has 0 bridgehead atoms. The molecule has 0 saturated heterocycles. The van der Waals surface area contributed by atoms with E-state index in [9.17, 15) is 29.4 Å². The lowest BCUT2D eigenvalue weighted by Gasteiger charge is -2.22. The molecule has 16 heteroatoms. The maximum atomic E-state index is 12.4. The molecule has 0 aromatic carbocycles. The standard InChI is InChI=1S/C18H36N10O6/c1-9(26-14(31)10(19)4-2-6-24-17(20)21)13(30)28-12(8-29)15(32)27-11(16(33)34)5-3-7-25-18(22)23/h9-12,29H,2-8,19H2,1H3,(H,26,31)(H,27,32)(H,28,30)(H,33,34)(H4,20,21,24)(H4,22,23,25). The molecule has 0 rings (SSSR count). The summed E-state index contributed by atoms with van der Waals surface area (Å²) in [6, 6.07) is -4.74. The van der Waals surface area contributed by atoms with Gasteiger partial charge in [0.25, 0.3) is 0 Å². The van der Waals surface area contributed by atoms with Crippen LogP contribution >= 0.6 is 0 Å². The maximum Gasteiger partial charge on any atom is 0.326 e. The quantitative estimate of drug-likeness (QED) is 0.0556. The van der Waals surface area contributed by atoms with Gasteiger partial charge in [-0.1, -0.05) is 0 Å². The van der Waals surface area contributed by atoms with E-state index in [4.69, 9.17) is 28.7 Å². The van der Waals surface area contributed by atoms with Crippen LogP contribution in [0.3, 0.4) is 0 Å². The molecule has 34 heavy (non-hydrogen) atoms. The minimum absolute atomic E-state index is 0.0114. The van der Waals surface area contributed by atoms with Gasteiger partial charge in [0.2, 0.25) is 17.7 Å². The molecule has 194 valence electrons. The number of aliphatic carboxylic acids is 1. The Morgan fingerprint density at radius 2 is 1.29 bits per heavy atom. The molecule has 0 fully saturated rings. The summed E-state index contributed by atoms with van der Waals surface area (Å²) >= 11 is 0. The van der Waals surface area contributed by atoms with Crippen LogP contribution in [-0.4, -0.2) is 89.7 Å². The van der Waals surface area contributed by atoms with Gasteiger partial charge in [-0.15, -0.1) is 0 Å². The van der Waals surface area contributed by atoms with E-state index in [0.717, 1.165) is 0 Å². The number of rotatable bonds is 16. The van der Waals surface area contributed by atoms with Gasteiger partial charge in [0.05, 0.1) is 12.6 Å². The molecule has 0 aliphatic heterocycles. The number of nitrogens with one attached hydrogen (secondary N) is 3. The second kappa shape index (κ2) is 16.0. The maximum absolute atomic E-state index is 12.4. The zero-order valence-electron chi connectivity index (χ0n) is 19.1. The van der Waals surface area contributed by atoms with Crippen molar-refractivity contribution >= 4 is 35.6 Å². The lowest BCUT2D eigenvalue weighted by Crippen LogP contribution is -2.57. The number of hydrogen-bond acceptors (Lipinski definition) is 8. The normalized spacial score (nSPS) is 14.0. The molecule has 0 aliphatic carbocycles. The molecule has 0 aliphatic rings. The fraction of sp³-hybridized carbons (Fsp3) is 0.667. The van der Waals surface area contributed by atoms with Crippen LogP contribution in [0.2, 0.25) is 0 Å². The van der Waals surface area contributed by atoms with Gasteiger partial charge in [0.1, 0.15) is 18.1 Å². The molecule has 0 radical (unpaired) electrons. The third-order valence-corrected chi connectivity index (χ3v) is 4.43. The first-order valence-electron chi connectivity index (χ1n) is 10.5. The zero-order valence-corrected chi connectivity index (χ0v) is 19.1. The van der Waals surface area contributed by atoms with Crippen LogP contribution in [-0.2, 0) is 19.2 Å². The van der Waals surface area contributed by atoms with Crippen molar-refractivity contribution < 1.29 is 29.4 Å². The average molecular weight is 489 g/mol. The van der Waals surface area contributed by atoms with Crippen molar-refractivity contribution in [3.63, 3.8) is 0 Å². The molecular weight excluding hydrogens is 452 g/mol. The lowest BCUT2D eigenvalue weighted by molar-refractivity contribution is -0.142. The second-order valence-corrected chi connectivity index (χ2v) is 7.38. The van der Waals surface area contributed by atoms with E-state index in [0.29, 0.717) is 6.42 Å². The summed E-state index contributed by atoms with van der Waals surface area (Å²) < 4.78 is 0. The minimum Gasteiger partial charge on any atom is -0.480 e. The minimum atomic E-state index is -1.44. The Morgan fingerprint density at radius 3 is 1.76 bits per heavy atom. The molecule has 0 saturated carbocycles. The number of carbonyl (C=O) groups excluding carboxylic acids is 3. The molecule has 0 aromatic rings. The monoisotopic (exact) mass is 488 g/mol. The third kappa shape index (κ3) is 13.0. The topological polar surface area (TPSA) is 300 Å². The highest BCUT2D eigenvalue weighted by molar-refractivity contribution is 5.93. The van der Waals surface area contributed by atoms with Gasteiger partial charge in [-0.3, -0.25) is 24.4 Å². The number of aliphatic hydroxyl groups is 1. The van der Waals surface area contributed by atoms with Gasteiger partial charge >= 0.3 is 5.97 Å². The number of guanidine groups is 2. The van der Waals surface area contributed by atoms with Gasteiger partial charge in [-0.2, -0.15) is 0 Å². The molecule has 4 atom stereocenters. The predicted octanol–water partition coefficient (Wildman–Crippen LogP) is -5.03. The Bertz CT molecular complexity index is 752. The molecule has 0 heterocycles. The highest BCUT2D eigenvalue weighted by Gasteiger charge is 2.28. The number of hydrogen-bond donors (Lipinski definition) is 10. The van der Waals surface area contributed by atoms with Gasteiger partial charge in [0, 0.05) is 13.1 Å². The fourth-order valence-corrected chi connectivity index (χ4v) is 2.56. The third-order valence-electron chi connectivity index (χ3n) is 4.43. The molecule has 3 amide bonds. The highest BCUT2D eigenvalue weighted by Crippen LogP contribution is 2.01. The number of nitrogens with zero attached hydrogens (tertiary/aromatic N) is 2. The van der Waals surface area contributed by atoms with Crippen molar-refractivity contribution in [3.8, 4) is 0 Å². The van der Waals surface area contributed by atoms with E-state index in [1.165, 1.54) is 6.92 Å². The van der Waals surface area contributed by atoms with E-state index < -0.39 is 54.5 Å². The van der Waals surface area contributed by atoms with Crippen LogP contribution in [0.15, 0.2) is 9.98 Å². The van der Waals surface area contributed by atoms with Crippen LogP contribution in [0.25, 0.3) is 0 Å². The SMILES string of the molecule is CC(NC(=O)C(N)CCCN=C(N)N)C(=O)NC(CO)C(=O)NC(CCCN=C(N)N)C(=O)O. The molecule has 15 N–H and O–H groups in total. The van der Waals surface area contributed by atoms with Crippen molar-refractivity contribution in [1.29, 1.82) is 0 Å². The number of aliphatic hydroxyl groups excluding tert-OH is 1. The average Bonchev–Trinajstić information content (AvgIpc) is 2.75. The van der Waals surface area contributed by atoms with Crippen LogP contribution in [0, 0.1) is 0 Å². The van der Waals surface area contributed by atoms with Gasteiger partial charge in [-0.05, 0) is 32.6 Å². The number of carboxylic acids is 1. The first kappa shape index (κ1) is 30.3. The molecule has 16 nitrogen and oxygen atoms in total. The Hall–Kier alpha value is -3.66. The molecular formula is C18H36N10O6. The largest absolute Gasteiger partial charge is 0.480 e. The summed E-state index contributed by atoms with van der Waals surface area (Å²) in [7, 11) is 0. The lowest BCUT2D eigenvalue weighted by atomic mass is 10.1. The first-order valence-corrected chi connectivity index (χ1v) is 10.5. The summed E-state index contributed by atoms with van der Waals surface area (Å²) in [5.41, 5.74) is 26.6. The van der Waals surface area contributed by atoms with Crippen molar-refractivity contribution in [2.45, 2.75) is 56.8 Å². The fourth-order valence-electron chi connectivity index (χ4n) is 2.56. The Kier molecular flexibility index (Phi) is 14.3. The van der Waals surface area contributed by atoms with Crippen LogP contribution < -0.4 is 44.6 Å². The van der Waals surface area contributed by atoms with Crippen molar-refractivity contribution in [2.75, 3.05) is 19.7 Å². The molecule has 0 spiro atoms. The zero-order chi connectivity index (χ0) is 26.3. The summed E-state index contributed by atoms with van der Waals surface area (Å²) in [5.74, 6) is -3.84. The first-order chi connectivity index (χ1) is 15.9. The van der Waals surface area contributed by atoms with Crippen molar-refractivity contribution in [2.24, 2.45) is 38.7 Å². The Balaban J connectivity index is 4.74. The number of carboxylic acid groups (broad SMARTS) is 1. The summed E-state index contributed by atoms with van der Waals surface area (Å²) in [5, 5.41) is 25.6. The van der Waals surface area contributed by atoms with Crippen LogP contribution in [0.5, 0.6) is 0 Å². The van der Waals surface area contributed by atoms with Crippen LogP contribution in [0.4, 0.5) is 0 Å². The van der Waals surface area contributed by atoms with Gasteiger partial charge in [-0.25, -0.2) is 4.79 Å². The summed E-state index contributed by atoms with van der Waals surface area (Å²) in [4.78, 5) is 55.7. The number of aliphatic imine (C=N–C) groups is 2.